The molecule has 0 aromatic heterocycles. The van der Waals surface area contributed by atoms with Crippen LogP contribution in [0.1, 0.15) is 25.3 Å². The molecule has 1 aromatic carbocycles. The lowest BCUT2D eigenvalue weighted by Crippen LogP contribution is -2.30. The van der Waals surface area contributed by atoms with Crippen LogP contribution in [0.25, 0.3) is 0 Å². The zero-order valence-electron chi connectivity index (χ0n) is 12.5. The zero-order chi connectivity index (χ0) is 16.1. The van der Waals surface area contributed by atoms with Gasteiger partial charge >= 0.3 is 5.97 Å². The van der Waals surface area contributed by atoms with E-state index in [4.69, 9.17) is 5.11 Å². The fourth-order valence-electron chi connectivity index (χ4n) is 2.55. The summed E-state index contributed by atoms with van der Waals surface area (Å²) in [5.41, 5.74) is 1.84. The Bertz CT molecular complexity index is 585. The van der Waals surface area contributed by atoms with E-state index in [1.54, 1.807) is 0 Å². The van der Waals surface area contributed by atoms with Gasteiger partial charge in [-0.1, -0.05) is 25.1 Å². The molecule has 1 aromatic rings. The van der Waals surface area contributed by atoms with E-state index in [0.29, 0.717) is 0 Å². The van der Waals surface area contributed by atoms with E-state index in [1.807, 2.05) is 31.2 Å². The van der Waals surface area contributed by atoms with Crippen LogP contribution >= 0.6 is 0 Å². The molecule has 1 aliphatic rings. The van der Waals surface area contributed by atoms with E-state index in [9.17, 15) is 14.4 Å². The van der Waals surface area contributed by atoms with Crippen molar-refractivity contribution in [2.45, 2.75) is 26.2 Å². The normalized spacial score (nSPS) is 17.6. The molecule has 1 atom stereocenters. The van der Waals surface area contributed by atoms with Gasteiger partial charge in [-0.25, -0.2) is 0 Å². The smallest absolute Gasteiger partial charge is 0.308 e. The van der Waals surface area contributed by atoms with Crippen LogP contribution in [-0.4, -0.2) is 40.9 Å². The van der Waals surface area contributed by atoms with Gasteiger partial charge in [0.05, 0.1) is 5.92 Å². The molecule has 1 aliphatic heterocycles. The van der Waals surface area contributed by atoms with E-state index in [2.05, 4.69) is 5.32 Å². The van der Waals surface area contributed by atoms with Crippen LogP contribution in [0.3, 0.4) is 0 Å². The number of nitrogens with one attached hydrogen (secondary N) is 1. The first-order chi connectivity index (χ1) is 10.5. The van der Waals surface area contributed by atoms with Crippen molar-refractivity contribution < 1.29 is 19.5 Å². The number of anilines is 1. The number of carboxylic acid groups (broad SMARTS) is 1. The molecule has 22 heavy (non-hydrogen) atoms. The van der Waals surface area contributed by atoms with Gasteiger partial charge in [-0.2, -0.15) is 0 Å². The number of carboxylic acids is 1. The Morgan fingerprint density at radius 1 is 1.36 bits per heavy atom. The number of para-hydroxylation sites is 1. The highest BCUT2D eigenvalue weighted by molar-refractivity contribution is 5.92. The minimum Gasteiger partial charge on any atom is -0.481 e. The maximum atomic E-state index is 12.0. The maximum absolute atomic E-state index is 12.0. The Labute approximate surface area is 129 Å². The van der Waals surface area contributed by atoms with E-state index in [-0.39, 0.29) is 37.7 Å². The second kappa shape index (κ2) is 7.06. The fraction of sp³-hybridized carbons (Fsp3) is 0.438. The Hall–Kier alpha value is -2.37. The molecule has 0 unspecified atom stereocenters. The number of carbonyl (C=O) groups excluding carboxylic acids is 2. The lowest BCUT2D eigenvalue weighted by atomic mass is 10.1. The summed E-state index contributed by atoms with van der Waals surface area (Å²) in [5, 5.41) is 11.8. The molecule has 0 bridgehead atoms. The molecule has 1 fully saturated rings. The van der Waals surface area contributed by atoms with Crippen molar-refractivity contribution in [3.05, 3.63) is 29.8 Å². The molecule has 118 valence electrons. The maximum Gasteiger partial charge on any atom is 0.308 e. The molecule has 6 nitrogen and oxygen atoms in total. The lowest BCUT2D eigenvalue weighted by molar-refractivity contribution is -0.141. The molecule has 0 radical (unpaired) electrons. The lowest BCUT2D eigenvalue weighted by Gasteiger charge is -2.16. The van der Waals surface area contributed by atoms with E-state index < -0.39 is 11.9 Å². The van der Waals surface area contributed by atoms with Crippen molar-refractivity contribution >= 4 is 23.5 Å². The van der Waals surface area contributed by atoms with Crippen molar-refractivity contribution in [3.63, 3.8) is 0 Å². The minimum atomic E-state index is -0.961. The minimum absolute atomic E-state index is 0.0234. The van der Waals surface area contributed by atoms with Crippen LogP contribution in [0.5, 0.6) is 0 Å². The second-order valence-electron chi connectivity index (χ2n) is 5.39. The summed E-state index contributed by atoms with van der Waals surface area (Å²) < 4.78 is 0. The molecule has 0 spiro atoms. The van der Waals surface area contributed by atoms with E-state index in [1.165, 1.54) is 4.90 Å². The van der Waals surface area contributed by atoms with Crippen molar-refractivity contribution in [1.29, 1.82) is 0 Å². The topological polar surface area (TPSA) is 86.7 Å². The van der Waals surface area contributed by atoms with Gasteiger partial charge in [-0.15, -0.1) is 0 Å². The van der Waals surface area contributed by atoms with Gasteiger partial charge in [0.25, 0.3) is 0 Å². The highest BCUT2D eigenvalue weighted by Gasteiger charge is 2.34. The third kappa shape index (κ3) is 3.84. The Kier molecular flexibility index (Phi) is 5.14. The predicted octanol–water partition coefficient (Wildman–Crippen LogP) is 1.51. The zero-order valence-corrected chi connectivity index (χ0v) is 12.5. The number of likely N-dealkylation sites (tertiary alicyclic amines) is 1. The summed E-state index contributed by atoms with van der Waals surface area (Å²) >= 11 is 0. The van der Waals surface area contributed by atoms with Gasteiger partial charge < -0.3 is 15.3 Å². The van der Waals surface area contributed by atoms with Gasteiger partial charge in [-0.05, 0) is 18.1 Å². The molecule has 6 heteroatoms. The third-order valence-corrected chi connectivity index (χ3v) is 3.84. The molecule has 2 N–H and O–H groups in total. The molecule has 0 saturated carbocycles. The third-order valence-electron chi connectivity index (χ3n) is 3.84. The van der Waals surface area contributed by atoms with Crippen molar-refractivity contribution in [2.24, 2.45) is 5.92 Å². The molecular weight excluding hydrogens is 284 g/mol. The summed E-state index contributed by atoms with van der Waals surface area (Å²) in [7, 11) is 0. The SMILES string of the molecule is CCc1ccccc1NC(=O)CCN1C[C@@H](C(=O)O)CC1=O. The predicted molar refractivity (Wildman–Crippen MR) is 81.4 cm³/mol. The number of carbonyl (C=O) groups is 3. The highest BCUT2D eigenvalue weighted by atomic mass is 16.4. The van der Waals surface area contributed by atoms with Gasteiger partial charge in [0.2, 0.25) is 11.8 Å². The number of hydrogen-bond donors (Lipinski definition) is 2. The van der Waals surface area contributed by atoms with Gasteiger partial charge in [0.1, 0.15) is 0 Å². The number of hydrogen-bond acceptors (Lipinski definition) is 3. The quantitative estimate of drug-likeness (QED) is 0.834. The Morgan fingerprint density at radius 3 is 2.73 bits per heavy atom. The van der Waals surface area contributed by atoms with E-state index >= 15 is 0 Å². The van der Waals surface area contributed by atoms with Crippen LogP contribution in [-0.2, 0) is 20.8 Å². The van der Waals surface area contributed by atoms with Crippen molar-refractivity contribution in [1.82, 2.24) is 4.90 Å². The Balaban J connectivity index is 1.86. The van der Waals surface area contributed by atoms with Gasteiger partial charge in [0, 0.05) is 31.6 Å². The van der Waals surface area contributed by atoms with Crippen LogP contribution in [0.4, 0.5) is 5.69 Å². The number of nitrogens with zero attached hydrogens (tertiary/aromatic N) is 1. The largest absolute Gasteiger partial charge is 0.481 e. The number of rotatable bonds is 6. The summed E-state index contributed by atoms with van der Waals surface area (Å²) in [4.78, 5) is 36.0. The standard InChI is InChI=1S/C16H20N2O4/c1-2-11-5-3-4-6-13(11)17-14(19)7-8-18-10-12(16(21)22)9-15(18)20/h3-6,12H,2,7-10H2,1H3,(H,17,19)(H,21,22)/t12-/m0/s1. The second-order valence-corrected chi connectivity index (χ2v) is 5.39. The first-order valence-corrected chi connectivity index (χ1v) is 7.39. The summed E-state index contributed by atoms with van der Waals surface area (Å²) in [6.45, 7) is 2.45. The number of amides is 2. The summed E-state index contributed by atoms with van der Waals surface area (Å²) in [6, 6.07) is 7.58. The average Bonchev–Trinajstić information content (AvgIpc) is 2.87. The molecule has 2 rings (SSSR count). The monoisotopic (exact) mass is 304 g/mol. The first-order valence-electron chi connectivity index (χ1n) is 7.39. The molecule has 0 aliphatic carbocycles. The summed E-state index contributed by atoms with van der Waals surface area (Å²) in [6.07, 6.45) is 1.01. The van der Waals surface area contributed by atoms with Crippen molar-refractivity contribution in [2.75, 3.05) is 18.4 Å². The molecule has 1 saturated heterocycles. The average molecular weight is 304 g/mol. The van der Waals surface area contributed by atoms with Crippen LogP contribution in [0.2, 0.25) is 0 Å². The number of aliphatic carboxylic acids is 1. The molecular formula is C16H20N2O4. The first kappa shape index (κ1) is 16.0. The van der Waals surface area contributed by atoms with Gasteiger partial charge in [-0.3, -0.25) is 14.4 Å². The fourth-order valence-corrected chi connectivity index (χ4v) is 2.55. The summed E-state index contributed by atoms with van der Waals surface area (Å²) in [5.74, 6) is -1.99. The molecule has 2 amide bonds. The highest BCUT2D eigenvalue weighted by Crippen LogP contribution is 2.19. The van der Waals surface area contributed by atoms with Gasteiger partial charge in [0.15, 0.2) is 0 Å². The van der Waals surface area contributed by atoms with Crippen LogP contribution < -0.4 is 5.32 Å². The Morgan fingerprint density at radius 2 is 2.09 bits per heavy atom. The van der Waals surface area contributed by atoms with Crippen molar-refractivity contribution in [3.8, 4) is 0 Å². The van der Waals surface area contributed by atoms with Crippen LogP contribution in [0.15, 0.2) is 24.3 Å². The van der Waals surface area contributed by atoms with E-state index in [0.717, 1.165) is 17.7 Å². The number of aryl methyl sites for hydroxylation is 1. The molecule has 1 heterocycles. The van der Waals surface area contributed by atoms with Crippen LogP contribution in [0, 0.1) is 5.92 Å². The number of benzene rings is 1.